The Morgan fingerprint density at radius 1 is 0.400 bits per heavy atom. The average Bonchev–Trinajstić information content (AvgIpc) is 3.11. The van der Waals surface area contributed by atoms with Gasteiger partial charge in [-0.05, 0) is 37.0 Å². The van der Waals surface area contributed by atoms with E-state index in [0.29, 0.717) is 26.2 Å². The molecule has 0 unspecified atom stereocenters. The molecule has 0 fully saturated rings. The normalized spacial score (nSPS) is 11.5. The summed E-state index contributed by atoms with van der Waals surface area (Å²) in [5.41, 5.74) is 1.30. The van der Waals surface area contributed by atoms with Crippen molar-refractivity contribution in [2.45, 2.75) is 206 Å². The topological polar surface area (TPSA) is 62.2 Å². The Kier molecular flexibility index (Phi) is 35.0. The first-order valence-corrected chi connectivity index (χ1v) is 22.1. The molecule has 0 atom stereocenters. The molecular formula is C45H85NO4. The van der Waals surface area contributed by atoms with Gasteiger partial charge in [-0.3, -0.25) is 4.90 Å². The van der Waals surface area contributed by atoms with Crippen LogP contribution < -0.4 is 9.47 Å². The highest BCUT2D eigenvalue weighted by atomic mass is 16.5. The monoisotopic (exact) mass is 704 g/mol. The summed E-state index contributed by atoms with van der Waals surface area (Å²) in [6.45, 7) is 7.84. The van der Waals surface area contributed by atoms with Crippen LogP contribution in [0.1, 0.15) is 206 Å². The lowest BCUT2D eigenvalue weighted by atomic mass is 10.0. The number of aryl methyl sites for hydroxylation is 1. The van der Waals surface area contributed by atoms with Crippen molar-refractivity contribution in [1.82, 2.24) is 4.90 Å². The van der Waals surface area contributed by atoms with Crippen LogP contribution in [-0.4, -0.2) is 61.2 Å². The highest BCUT2D eigenvalue weighted by Gasteiger charge is 2.07. The molecule has 0 radical (unpaired) electrons. The average molecular weight is 704 g/mol. The summed E-state index contributed by atoms with van der Waals surface area (Å²) in [5, 5.41) is 18.7. The Labute approximate surface area is 311 Å². The van der Waals surface area contributed by atoms with Crippen LogP contribution in [0.3, 0.4) is 0 Å². The fourth-order valence-electron chi connectivity index (χ4n) is 7.04. The number of hydrogen-bond donors (Lipinski definition) is 2. The molecule has 2 N–H and O–H groups in total. The molecule has 0 aliphatic carbocycles. The van der Waals surface area contributed by atoms with Crippen molar-refractivity contribution in [3.63, 3.8) is 0 Å². The zero-order valence-corrected chi connectivity index (χ0v) is 33.6. The van der Waals surface area contributed by atoms with Gasteiger partial charge in [0.05, 0.1) is 19.8 Å². The number of benzene rings is 1. The Morgan fingerprint density at radius 2 is 0.740 bits per heavy atom. The number of aliphatic hydroxyl groups excluding tert-OH is 2. The number of unbranched alkanes of at least 4 members (excludes halogenated alkanes) is 27. The van der Waals surface area contributed by atoms with Gasteiger partial charge in [-0.15, -0.1) is 0 Å². The van der Waals surface area contributed by atoms with Crippen LogP contribution >= 0.6 is 0 Å². The second kappa shape index (κ2) is 37.5. The molecule has 0 amide bonds. The molecular weight excluding hydrogens is 618 g/mol. The van der Waals surface area contributed by atoms with Gasteiger partial charge >= 0.3 is 0 Å². The van der Waals surface area contributed by atoms with E-state index in [1.54, 1.807) is 0 Å². The van der Waals surface area contributed by atoms with Crippen molar-refractivity contribution in [3.8, 4) is 11.5 Å². The molecule has 5 nitrogen and oxygen atoms in total. The third-order valence-corrected chi connectivity index (χ3v) is 10.3. The second-order valence-electron chi connectivity index (χ2n) is 15.1. The summed E-state index contributed by atoms with van der Waals surface area (Å²) < 4.78 is 12.5. The van der Waals surface area contributed by atoms with E-state index < -0.39 is 0 Å². The summed E-state index contributed by atoms with van der Waals surface area (Å²) in [6, 6.07) is 6.45. The molecule has 0 spiro atoms. The van der Waals surface area contributed by atoms with Crippen LogP contribution in [0.25, 0.3) is 0 Å². The lowest BCUT2D eigenvalue weighted by Crippen LogP contribution is -2.33. The maximum atomic E-state index is 9.33. The molecule has 0 aromatic heterocycles. The second-order valence-corrected chi connectivity index (χ2v) is 15.1. The summed E-state index contributed by atoms with van der Waals surface area (Å²) in [6.07, 6.45) is 41.0. The number of hydrogen-bond acceptors (Lipinski definition) is 5. The van der Waals surface area contributed by atoms with Crippen molar-refractivity contribution < 1.29 is 19.7 Å². The van der Waals surface area contributed by atoms with Crippen molar-refractivity contribution in [1.29, 1.82) is 0 Å². The fraction of sp³-hybridized carbons (Fsp3) is 0.867. The highest BCUT2D eigenvalue weighted by Crippen LogP contribution is 2.25. The van der Waals surface area contributed by atoms with Gasteiger partial charge in [0.25, 0.3) is 0 Å². The minimum Gasteiger partial charge on any atom is -0.493 e. The molecule has 1 aromatic carbocycles. The van der Waals surface area contributed by atoms with E-state index >= 15 is 0 Å². The van der Waals surface area contributed by atoms with Gasteiger partial charge in [-0.1, -0.05) is 187 Å². The van der Waals surface area contributed by atoms with Gasteiger partial charge < -0.3 is 19.7 Å². The molecule has 1 rings (SSSR count). The highest BCUT2D eigenvalue weighted by molar-refractivity contribution is 5.38. The molecule has 0 saturated carbocycles. The molecule has 294 valence electrons. The SMILES string of the molecule is CCCCCCCCCCCCCCCCCCOc1cc(CCCCCCCCCCCCCCC)cc(OCCN(CCO)CCO)c1. The largest absolute Gasteiger partial charge is 0.493 e. The third kappa shape index (κ3) is 30.3. The van der Waals surface area contributed by atoms with E-state index in [0.717, 1.165) is 30.9 Å². The number of ether oxygens (including phenoxy) is 2. The van der Waals surface area contributed by atoms with Gasteiger partial charge in [0.2, 0.25) is 0 Å². The predicted octanol–water partition coefficient (Wildman–Crippen LogP) is 12.6. The van der Waals surface area contributed by atoms with Crippen molar-refractivity contribution in [2.24, 2.45) is 0 Å². The first-order valence-electron chi connectivity index (χ1n) is 22.1. The summed E-state index contributed by atoms with van der Waals surface area (Å²) in [5.74, 6) is 1.79. The first-order chi connectivity index (χ1) is 24.7. The minimum atomic E-state index is 0.0892. The number of aliphatic hydroxyl groups is 2. The molecule has 0 aliphatic rings. The molecule has 50 heavy (non-hydrogen) atoms. The molecule has 0 heterocycles. The predicted molar refractivity (Wildman–Crippen MR) is 217 cm³/mol. The summed E-state index contributed by atoms with van der Waals surface area (Å²) in [7, 11) is 0. The van der Waals surface area contributed by atoms with E-state index in [9.17, 15) is 10.2 Å². The third-order valence-electron chi connectivity index (χ3n) is 10.3. The lowest BCUT2D eigenvalue weighted by molar-refractivity contribution is 0.141. The van der Waals surface area contributed by atoms with Crippen LogP contribution in [0.4, 0.5) is 0 Å². The van der Waals surface area contributed by atoms with Crippen LogP contribution in [0, 0.1) is 0 Å². The van der Waals surface area contributed by atoms with Crippen LogP contribution in [0.2, 0.25) is 0 Å². The zero-order chi connectivity index (χ0) is 36.0. The summed E-state index contributed by atoms with van der Waals surface area (Å²) in [4.78, 5) is 2.03. The number of nitrogens with zero attached hydrogens (tertiary/aromatic N) is 1. The fourth-order valence-corrected chi connectivity index (χ4v) is 7.04. The lowest BCUT2D eigenvalue weighted by Gasteiger charge is -2.20. The molecule has 0 bridgehead atoms. The van der Waals surface area contributed by atoms with Crippen LogP contribution in [0.15, 0.2) is 18.2 Å². The van der Waals surface area contributed by atoms with Crippen molar-refractivity contribution >= 4 is 0 Å². The summed E-state index contributed by atoms with van der Waals surface area (Å²) >= 11 is 0. The Morgan fingerprint density at radius 3 is 1.12 bits per heavy atom. The van der Waals surface area contributed by atoms with Crippen LogP contribution in [0.5, 0.6) is 11.5 Å². The van der Waals surface area contributed by atoms with E-state index in [4.69, 9.17) is 9.47 Å². The van der Waals surface area contributed by atoms with Gasteiger partial charge in [-0.2, -0.15) is 0 Å². The number of rotatable bonds is 40. The maximum absolute atomic E-state index is 9.33. The van der Waals surface area contributed by atoms with E-state index in [1.165, 1.54) is 185 Å². The van der Waals surface area contributed by atoms with Crippen molar-refractivity contribution in [2.75, 3.05) is 46.1 Å². The Balaban J connectivity index is 2.30. The van der Waals surface area contributed by atoms with E-state index in [-0.39, 0.29) is 13.2 Å². The Hall–Kier alpha value is -1.30. The molecule has 0 saturated heterocycles. The van der Waals surface area contributed by atoms with E-state index in [2.05, 4.69) is 26.0 Å². The minimum absolute atomic E-state index is 0.0892. The van der Waals surface area contributed by atoms with Gasteiger partial charge in [0.15, 0.2) is 0 Å². The Bertz CT molecular complexity index is 812. The molecule has 5 heteroatoms. The first kappa shape index (κ1) is 46.7. The van der Waals surface area contributed by atoms with E-state index in [1.807, 2.05) is 11.0 Å². The van der Waals surface area contributed by atoms with Crippen molar-refractivity contribution in [3.05, 3.63) is 23.8 Å². The van der Waals surface area contributed by atoms with Gasteiger partial charge in [0, 0.05) is 25.7 Å². The molecule has 1 aromatic rings. The van der Waals surface area contributed by atoms with Crippen LogP contribution in [-0.2, 0) is 6.42 Å². The standard InChI is InChI=1S/C45H85NO4/c1-3-5-7-9-11-13-15-17-18-19-21-23-25-27-29-31-38-49-44-40-43(41-45(42-44)50-39-35-46(33-36-47)34-37-48)32-30-28-26-24-22-20-16-14-12-10-8-6-4-2/h40-42,47-48H,3-39H2,1-2H3. The zero-order valence-electron chi connectivity index (χ0n) is 33.6. The van der Waals surface area contributed by atoms with Gasteiger partial charge in [-0.25, -0.2) is 0 Å². The van der Waals surface area contributed by atoms with Gasteiger partial charge in [0.1, 0.15) is 18.1 Å². The maximum Gasteiger partial charge on any atom is 0.123 e. The smallest absolute Gasteiger partial charge is 0.123 e. The quantitative estimate of drug-likeness (QED) is 0.0666. The molecule has 0 aliphatic heterocycles.